The van der Waals surface area contributed by atoms with Crippen molar-refractivity contribution in [2.24, 2.45) is 5.73 Å². The lowest BCUT2D eigenvalue weighted by Gasteiger charge is -2.06. The Hall–Kier alpha value is 0.240. The standard InChI is InChI=1S/C9H9BrClN.ClH/c10-9-6-2-4-8(12)5(6)1-3-7(9)11;/h1,3,8H,2,4,12H2;1H/t8-;/m1./s1. The van der Waals surface area contributed by atoms with Crippen molar-refractivity contribution in [2.45, 2.75) is 18.9 Å². The molecule has 4 heteroatoms. The Morgan fingerprint density at radius 1 is 1.46 bits per heavy atom. The minimum absolute atomic E-state index is 0. The van der Waals surface area contributed by atoms with Gasteiger partial charge in [0.25, 0.3) is 0 Å². The highest BCUT2D eigenvalue weighted by Crippen LogP contribution is 2.37. The molecule has 1 aromatic carbocycles. The summed E-state index contributed by atoms with van der Waals surface area (Å²) in [6, 6.07) is 4.13. The number of nitrogens with two attached hydrogens (primary N) is 1. The molecule has 72 valence electrons. The Balaban J connectivity index is 0.000000845. The first kappa shape index (κ1) is 11.3. The van der Waals surface area contributed by atoms with Crippen LogP contribution < -0.4 is 5.73 Å². The molecule has 1 aliphatic carbocycles. The maximum atomic E-state index is 5.95. The fourth-order valence-corrected chi connectivity index (χ4v) is 2.40. The first-order valence-corrected chi connectivity index (χ1v) is 5.09. The summed E-state index contributed by atoms with van der Waals surface area (Å²) in [5.41, 5.74) is 8.43. The van der Waals surface area contributed by atoms with Crippen molar-refractivity contribution >= 4 is 39.9 Å². The van der Waals surface area contributed by atoms with Gasteiger partial charge in [-0.05, 0) is 46.0 Å². The zero-order valence-electron chi connectivity index (χ0n) is 6.89. The Kier molecular flexibility index (Phi) is 3.64. The van der Waals surface area contributed by atoms with Gasteiger partial charge in [0.1, 0.15) is 0 Å². The molecule has 0 aliphatic heterocycles. The van der Waals surface area contributed by atoms with Gasteiger partial charge in [0.15, 0.2) is 0 Å². The highest BCUT2D eigenvalue weighted by molar-refractivity contribution is 9.10. The van der Waals surface area contributed by atoms with Crippen LogP contribution >= 0.6 is 39.9 Å². The van der Waals surface area contributed by atoms with E-state index < -0.39 is 0 Å². The number of hydrogen-bond donors (Lipinski definition) is 1. The third-order valence-electron chi connectivity index (χ3n) is 2.34. The van der Waals surface area contributed by atoms with Crippen LogP contribution in [0.2, 0.25) is 5.02 Å². The minimum Gasteiger partial charge on any atom is -0.324 e. The molecular formula is C9H10BrCl2N. The van der Waals surface area contributed by atoms with Gasteiger partial charge in [-0.1, -0.05) is 17.7 Å². The molecule has 0 radical (unpaired) electrons. The first-order valence-electron chi connectivity index (χ1n) is 3.92. The Labute approximate surface area is 97.2 Å². The van der Waals surface area contributed by atoms with Crippen molar-refractivity contribution in [1.82, 2.24) is 0 Å². The molecule has 0 unspecified atom stereocenters. The monoisotopic (exact) mass is 281 g/mol. The van der Waals surface area contributed by atoms with Gasteiger partial charge in [0, 0.05) is 10.5 Å². The van der Waals surface area contributed by atoms with E-state index in [2.05, 4.69) is 15.9 Å². The lowest BCUT2D eigenvalue weighted by atomic mass is 10.1. The molecule has 2 N–H and O–H groups in total. The first-order chi connectivity index (χ1) is 5.70. The molecule has 0 saturated heterocycles. The topological polar surface area (TPSA) is 26.0 Å². The molecular weight excluding hydrogens is 273 g/mol. The molecule has 0 bridgehead atoms. The number of rotatable bonds is 0. The van der Waals surface area contributed by atoms with Crippen molar-refractivity contribution in [3.63, 3.8) is 0 Å². The van der Waals surface area contributed by atoms with Gasteiger partial charge in [0.2, 0.25) is 0 Å². The maximum Gasteiger partial charge on any atom is 0.0551 e. The van der Waals surface area contributed by atoms with Gasteiger partial charge in [-0.3, -0.25) is 0 Å². The summed E-state index contributed by atoms with van der Waals surface area (Å²) in [5, 5.41) is 0.780. The zero-order chi connectivity index (χ0) is 8.72. The third kappa shape index (κ3) is 1.86. The lowest BCUT2D eigenvalue weighted by molar-refractivity contribution is 0.713. The molecule has 0 spiro atoms. The Morgan fingerprint density at radius 2 is 2.15 bits per heavy atom. The van der Waals surface area contributed by atoms with Gasteiger partial charge in [-0.2, -0.15) is 0 Å². The summed E-state index contributed by atoms with van der Waals surface area (Å²) >= 11 is 9.42. The largest absolute Gasteiger partial charge is 0.324 e. The molecule has 0 saturated carbocycles. The van der Waals surface area contributed by atoms with Crippen LogP contribution in [0.15, 0.2) is 16.6 Å². The summed E-state index contributed by atoms with van der Waals surface area (Å²) in [6.45, 7) is 0. The van der Waals surface area contributed by atoms with Gasteiger partial charge in [0.05, 0.1) is 5.02 Å². The SMILES string of the molecule is Cl.N[C@@H]1CCc2c1ccc(Cl)c2Br. The van der Waals surface area contributed by atoms with E-state index in [0.717, 1.165) is 22.3 Å². The molecule has 13 heavy (non-hydrogen) atoms. The predicted molar refractivity (Wildman–Crippen MR) is 61.6 cm³/mol. The second kappa shape index (κ2) is 4.18. The molecule has 0 fully saturated rings. The summed E-state index contributed by atoms with van der Waals surface area (Å²) in [7, 11) is 0. The lowest BCUT2D eigenvalue weighted by Crippen LogP contribution is -2.04. The molecule has 0 amide bonds. The molecule has 1 nitrogen and oxygen atoms in total. The second-order valence-electron chi connectivity index (χ2n) is 3.07. The summed E-state index contributed by atoms with van der Waals surface area (Å²) in [4.78, 5) is 0. The van der Waals surface area contributed by atoms with Crippen LogP contribution in [0, 0.1) is 0 Å². The van der Waals surface area contributed by atoms with Crippen LogP contribution in [-0.4, -0.2) is 0 Å². The Morgan fingerprint density at radius 3 is 2.85 bits per heavy atom. The summed E-state index contributed by atoms with van der Waals surface area (Å²) in [5.74, 6) is 0. The van der Waals surface area contributed by atoms with Crippen LogP contribution in [0.3, 0.4) is 0 Å². The van der Waals surface area contributed by atoms with Crippen molar-refractivity contribution < 1.29 is 0 Å². The van der Waals surface area contributed by atoms with Crippen LogP contribution in [0.25, 0.3) is 0 Å². The fourth-order valence-electron chi connectivity index (χ4n) is 1.66. The van der Waals surface area contributed by atoms with Crippen molar-refractivity contribution in [2.75, 3.05) is 0 Å². The number of hydrogen-bond acceptors (Lipinski definition) is 1. The van der Waals surface area contributed by atoms with Crippen molar-refractivity contribution in [1.29, 1.82) is 0 Å². The van der Waals surface area contributed by atoms with E-state index in [0.29, 0.717) is 0 Å². The summed E-state index contributed by atoms with van der Waals surface area (Å²) in [6.07, 6.45) is 2.08. The quantitative estimate of drug-likeness (QED) is 0.775. The Bertz CT molecular complexity index is 328. The van der Waals surface area contributed by atoms with Crippen LogP contribution in [0.5, 0.6) is 0 Å². The predicted octanol–water partition coefficient (Wildman–Crippen LogP) is 3.47. The molecule has 1 aromatic rings. The molecule has 0 aromatic heterocycles. The van der Waals surface area contributed by atoms with E-state index in [9.17, 15) is 0 Å². The molecule has 0 heterocycles. The number of fused-ring (bicyclic) bond motifs is 1. The second-order valence-corrected chi connectivity index (χ2v) is 4.27. The van der Waals surface area contributed by atoms with Gasteiger partial charge in [-0.25, -0.2) is 0 Å². The van der Waals surface area contributed by atoms with Crippen LogP contribution in [0.1, 0.15) is 23.6 Å². The highest BCUT2D eigenvalue weighted by Gasteiger charge is 2.21. The average Bonchev–Trinajstić information content (AvgIpc) is 2.41. The van der Waals surface area contributed by atoms with E-state index >= 15 is 0 Å². The van der Waals surface area contributed by atoms with E-state index in [1.54, 1.807) is 0 Å². The maximum absolute atomic E-state index is 5.95. The summed E-state index contributed by atoms with van der Waals surface area (Å²) < 4.78 is 1.02. The van der Waals surface area contributed by atoms with E-state index in [-0.39, 0.29) is 18.4 Å². The molecule has 1 atom stereocenters. The van der Waals surface area contributed by atoms with Gasteiger partial charge < -0.3 is 5.73 Å². The average molecular weight is 283 g/mol. The normalized spacial score (nSPS) is 19.5. The smallest absolute Gasteiger partial charge is 0.0551 e. The highest BCUT2D eigenvalue weighted by atomic mass is 79.9. The van der Waals surface area contributed by atoms with Crippen molar-refractivity contribution in [3.8, 4) is 0 Å². The number of benzene rings is 1. The fraction of sp³-hybridized carbons (Fsp3) is 0.333. The van der Waals surface area contributed by atoms with E-state index in [1.807, 2.05) is 12.1 Å². The van der Waals surface area contributed by atoms with Gasteiger partial charge in [-0.15, -0.1) is 12.4 Å². The van der Waals surface area contributed by atoms with Crippen LogP contribution in [-0.2, 0) is 6.42 Å². The van der Waals surface area contributed by atoms with Gasteiger partial charge >= 0.3 is 0 Å². The molecule has 1 aliphatic rings. The zero-order valence-corrected chi connectivity index (χ0v) is 10.0. The van der Waals surface area contributed by atoms with Crippen molar-refractivity contribution in [3.05, 3.63) is 32.8 Å². The minimum atomic E-state index is 0. The molecule has 2 rings (SSSR count). The van der Waals surface area contributed by atoms with E-state index in [1.165, 1.54) is 11.1 Å². The number of halogens is 3. The third-order valence-corrected chi connectivity index (χ3v) is 3.79. The van der Waals surface area contributed by atoms with E-state index in [4.69, 9.17) is 17.3 Å². The van der Waals surface area contributed by atoms with Crippen LogP contribution in [0.4, 0.5) is 0 Å².